The SMILES string of the molecule is I[C@H]1[C@H](I)[C@@H]2C[C@H]1[C@H]1c3ccccc3[C@@H]21. The standard InChI is InChI=1S/C13H12I2/c14-12-8-5-9(13(12)15)11-7-4-2-1-3-6(7)10(8)11/h1-4,8-13H,5H2/t8-,9+,10+,11-,12-,13-/m1/s1. The minimum Gasteiger partial charge on any atom is -0.0811 e. The fourth-order valence-electron chi connectivity index (χ4n) is 4.14. The maximum atomic E-state index is 2.70. The third kappa shape index (κ3) is 1.04. The second kappa shape index (κ2) is 3.12. The molecule has 0 unspecified atom stereocenters. The summed E-state index contributed by atoms with van der Waals surface area (Å²) in [6.45, 7) is 0. The molecular weight excluding hydrogens is 410 g/mol. The fraction of sp³-hybridized carbons (Fsp3) is 0.538. The lowest BCUT2D eigenvalue weighted by Crippen LogP contribution is -2.39. The van der Waals surface area contributed by atoms with Crippen molar-refractivity contribution in [3.63, 3.8) is 0 Å². The second-order valence-electron chi connectivity index (χ2n) is 5.13. The molecular formula is C13H12I2. The molecule has 2 fully saturated rings. The molecule has 4 rings (SSSR count). The van der Waals surface area contributed by atoms with Crippen LogP contribution in [0.25, 0.3) is 0 Å². The van der Waals surface area contributed by atoms with E-state index < -0.39 is 0 Å². The molecule has 1 aromatic rings. The lowest BCUT2D eigenvalue weighted by atomic mass is 9.61. The van der Waals surface area contributed by atoms with E-state index in [4.69, 9.17) is 0 Å². The van der Waals surface area contributed by atoms with Crippen LogP contribution in [0, 0.1) is 11.8 Å². The van der Waals surface area contributed by atoms with Crippen LogP contribution in [-0.2, 0) is 0 Å². The minimum absolute atomic E-state index is 0.919. The average Bonchev–Trinajstić information content (AvgIpc) is 2.70. The molecule has 0 aromatic heterocycles. The lowest BCUT2D eigenvalue weighted by molar-refractivity contribution is 0.350. The van der Waals surface area contributed by atoms with Crippen LogP contribution in [0.3, 0.4) is 0 Å². The number of rotatable bonds is 0. The highest BCUT2D eigenvalue weighted by Gasteiger charge is 2.61. The summed E-state index contributed by atoms with van der Waals surface area (Å²) in [5.74, 6) is 3.83. The van der Waals surface area contributed by atoms with Gasteiger partial charge >= 0.3 is 0 Å². The van der Waals surface area contributed by atoms with E-state index in [0.717, 1.165) is 31.5 Å². The average molecular weight is 422 g/mol. The highest BCUT2D eigenvalue weighted by molar-refractivity contribution is 14.1. The Balaban J connectivity index is 1.84. The highest BCUT2D eigenvalue weighted by Crippen LogP contribution is 2.70. The van der Waals surface area contributed by atoms with Gasteiger partial charge in [-0.3, -0.25) is 0 Å². The van der Waals surface area contributed by atoms with Gasteiger partial charge in [0.1, 0.15) is 0 Å². The Labute approximate surface area is 117 Å². The summed E-state index contributed by atoms with van der Waals surface area (Å²) in [6.07, 6.45) is 1.49. The first kappa shape index (κ1) is 9.68. The Morgan fingerprint density at radius 1 is 0.867 bits per heavy atom. The number of hydrogen-bond acceptors (Lipinski definition) is 0. The van der Waals surface area contributed by atoms with Gasteiger partial charge < -0.3 is 0 Å². The van der Waals surface area contributed by atoms with Crippen molar-refractivity contribution >= 4 is 45.2 Å². The Kier molecular flexibility index (Phi) is 2.01. The molecule has 2 bridgehead atoms. The monoisotopic (exact) mass is 422 g/mol. The lowest BCUT2D eigenvalue weighted by Gasteiger charge is -2.46. The Morgan fingerprint density at radius 2 is 1.33 bits per heavy atom. The molecule has 78 valence electrons. The van der Waals surface area contributed by atoms with Crippen molar-refractivity contribution < 1.29 is 0 Å². The maximum absolute atomic E-state index is 2.70. The molecule has 0 radical (unpaired) electrons. The molecule has 2 saturated carbocycles. The number of hydrogen-bond donors (Lipinski definition) is 0. The van der Waals surface area contributed by atoms with Crippen molar-refractivity contribution in [3.05, 3.63) is 35.4 Å². The van der Waals surface area contributed by atoms with Gasteiger partial charge in [-0.2, -0.15) is 0 Å². The molecule has 6 atom stereocenters. The van der Waals surface area contributed by atoms with Crippen LogP contribution >= 0.6 is 45.2 Å². The zero-order valence-electron chi connectivity index (χ0n) is 8.24. The summed E-state index contributed by atoms with van der Waals surface area (Å²) in [4.78, 5) is 0. The van der Waals surface area contributed by atoms with Crippen LogP contribution in [0.1, 0.15) is 29.4 Å². The molecule has 1 aromatic carbocycles. The van der Waals surface area contributed by atoms with Crippen LogP contribution in [0.4, 0.5) is 0 Å². The molecule has 15 heavy (non-hydrogen) atoms. The van der Waals surface area contributed by atoms with Crippen LogP contribution in [0.2, 0.25) is 0 Å². The zero-order valence-corrected chi connectivity index (χ0v) is 12.6. The van der Waals surface area contributed by atoms with Crippen LogP contribution in [0.15, 0.2) is 24.3 Å². The molecule has 0 saturated heterocycles. The van der Waals surface area contributed by atoms with Crippen LogP contribution in [0.5, 0.6) is 0 Å². The maximum Gasteiger partial charge on any atom is 0.0265 e. The molecule has 3 aliphatic rings. The fourth-order valence-corrected chi connectivity index (χ4v) is 6.69. The summed E-state index contributed by atoms with van der Waals surface area (Å²) in [5, 5.41) is 0. The first-order valence-corrected chi connectivity index (χ1v) is 8.15. The molecule has 0 nitrogen and oxygen atoms in total. The van der Waals surface area contributed by atoms with Crippen LogP contribution < -0.4 is 0 Å². The van der Waals surface area contributed by atoms with Gasteiger partial charge in [-0.25, -0.2) is 0 Å². The van der Waals surface area contributed by atoms with E-state index in [2.05, 4.69) is 69.4 Å². The Hall–Kier alpha value is 0.680. The van der Waals surface area contributed by atoms with Gasteiger partial charge in [0, 0.05) is 7.85 Å². The third-order valence-electron chi connectivity index (χ3n) is 4.69. The number of fused-ring (bicyclic) bond motifs is 8. The quantitative estimate of drug-likeness (QED) is 0.436. The van der Waals surface area contributed by atoms with Gasteiger partial charge in [-0.1, -0.05) is 69.4 Å². The zero-order chi connectivity index (χ0) is 10.2. The largest absolute Gasteiger partial charge is 0.0811 e. The Morgan fingerprint density at radius 3 is 1.80 bits per heavy atom. The van der Waals surface area contributed by atoms with Crippen LogP contribution in [-0.4, -0.2) is 7.85 Å². The predicted octanol–water partition coefficient (Wildman–Crippen LogP) is 4.12. The van der Waals surface area contributed by atoms with Crippen molar-refractivity contribution in [2.75, 3.05) is 0 Å². The highest BCUT2D eigenvalue weighted by atomic mass is 127. The minimum atomic E-state index is 0.919. The number of alkyl halides is 2. The van der Waals surface area contributed by atoms with E-state index in [0.29, 0.717) is 0 Å². The smallest absolute Gasteiger partial charge is 0.0265 e. The third-order valence-corrected chi connectivity index (χ3v) is 9.46. The molecule has 0 N–H and O–H groups in total. The first-order valence-electron chi connectivity index (χ1n) is 5.66. The molecule has 0 amide bonds. The molecule has 0 aliphatic heterocycles. The Bertz CT molecular complexity index is 389. The topological polar surface area (TPSA) is 0 Å². The van der Waals surface area contributed by atoms with E-state index in [1.54, 1.807) is 11.1 Å². The predicted molar refractivity (Wildman–Crippen MR) is 79.1 cm³/mol. The van der Waals surface area contributed by atoms with E-state index in [9.17, 15) is 0 Å². The van der Waals surface area contributed by atoms with Gasteiger partial charge in [-0.15, -0.1) is 0 Å². The van der Waals surface area contributed by atoms with Crippen molar-refractivity contribution in [3.8, 4) is 0 Å². The van der Waals surface area contributed by atoms with Gasteiger partial charge in [0.25, 0.3) is 0 Å². The first-order chi connectivity index (χ1) is 7.29. The van der Waals surface area contributed by atoms with E-state index in [-0.39, 0.29) is 0 Å². The van der Waals surface area contributed by atoms with Gasteiger partial charge in [0.2, 0.25) is 0 Å². The van der Waals surface area contributed by atoms with Gasteiger partial charge in [-0.05, 0) is 41.2 Å². The van der Waals surface area contributed by atoms with Crippen molar-refractivity contribution in [1.82, 2.24) is 0 Å². The van der Waals surface area contributed by atoms with E-state index >= 15 is 0 Å². The summed E-state index contributed by atoms with van der Waals surface area (Å²) in [5.41, 5.74) is 3.36. The summed E-state index contributed by atoms with van der Waals surface area (Å²) < 4.78 is 1.84. The van der Waals surface area contributed by atoms with Gasteiger partial charge in [0.05, 0.1) is 0 Å². The molecule has 3 aliphatic carbocycles. The van der Waals surface area contributed by atoms with Crippen molar-refractivity contribution in [1.29, 1.82) is 0 Å². The van der Waals surface area contributed by atoms with Gasteiger partial charge in [0.15, 0.2) is 0 Å². The summed E-state index contributed by atoms with van der Waals surface area (Å²) in [7, 11) is 0. The summed E-state index contributed by atoms with van der Waals surface area (Å²) in [6, 6.07) is 9.15. The normalized spacial score (nSPS) is 49.7. The summed E-state index contributed by atoms with van der Waals surface area (Å²) >= 11 is 5.40. The number of halogens is 2. The van der Waals surface area contributed by atoms with E-state index in [1.165, 1.54) is 6.42 Å². The molecule has 2 heteroatoms. The van der Waals surface area contributed by atoms with E-state index in [1.807, 2.05) is 0 Å². The molecule has 0 heterocycles. The number of benzene rings is 1. The molecule has 0 spiro atoms. The van der Waals surface area contributed by atoms with Crippen molar-refractivity contribution in [2.45, 2.75) is 26.1 Å². The van der Waals surface area contributed by atoms with Crippen molar-refractivity contribution in [2.24, 2.45) is 11.8 Å². The second-order valence-corrected chi connectivity index (χ2v) is 8.01.